The molecule has 0 radical (unpaired) electrons. The second kappa shape index (κ2) is 4.87. The molecule has 1 aromatic heterocycles. The van der Waals surface area contributed by atoms with E-state index in [1.807, 2.05) is 6.92 Å². The molecule has 2 aromatic rings. The molecule has 0 amide bonds. The summed E-state index contributed by atoms with van der Waals surface area (Å²) in [6.45, 7) is 6.64. The van der Waals surface area contributed by atoms with Crippen LogP contribution in [0.5, 0.6) is 0 Å². The van der Waals surface area contributed by atoms with Crippen LogP contribution in [0.1, 0.15) is 22.5 Å². The molecule has 0 unspecified atom stereocenters. The Bertz CT molecular complexity index is 513. The minimum Gasteiger partial charge on any atom is -0.378 e. The van der Waals surface area contributed by atoms with Crippen molar-refractivity contribution in [3.05, 3.63) is 39.1 Å². The van der Waals surface area contributed by atoms with Crippen molar-refractivity contribution in [3.63, 3.8) is 0 Å². The summed E-state index contributed by atoms with van der Waals surface area (Å²) < 4.78 is 5.72. The standard InChI is InChI=1S/C12H14BrN3O/c1-7-4-8(2)12(10(13)5-7)14-6-11-9(3)15-17-16-11/h4-5,14H,6H2,1-3H3. The van der Waals surface area contributed by atoms with Gasteiger partial charge in [-0.05, 0) is 53.9 Å². The molecule has 90 valence electrons. The first-order valence-corrected chi connectivity index (χ1v) is 6.16. The number of anilines is 1. The van der Waals surface area contributed by atoms with E-state index in [9.17, 15) is 0 Å². The Kier molecular flexibility index (Phi) is 3.47. The fourth-order valence-electron chi connectivity index (χ4n) is 1.72. The molecular formula is C12H14BrN3O. The highest BCUT2D eigenvalue weighted by atomic mass is 79.9. The fourth-order valence-corrected chi connectivity index (χ4v) is 2.54. The van der Waals surface area contributed by atoms with E-state index in [4.69, 9.17) is 0 Å². The van der Waals surface area contributed by atoms with Crippen LogP contribution >= 0.6 is 15.9 Å². The molecule has 0 fully saturated rings. The van der Waals surface area contributed by atoms with Gasteiger partial charge in [-0.3, -0.25) is 0 Å². The third-order valence-electron chi connectivity index (χ3n) is 2.61. The molecule has 2 rings (SSSR count). The molecule has 0 aliphatic heterocycles. The highest BCUT2D eigenvalue weighted by Crippen LogP contribution is 2.28. The highest BCUT2D eigenvalue weighted by Gasteiger charge is 2.08. The van der Waals surface area contributed by atoms with Gasteiger partial charge in [0.25, 0.3) is 0 Å². The Morgan fingerprint density at radius 3 is 2.59 bits per heavy atom. The van der Waals surface area contributed by atoms with Crippen molar-refractivity contribution in [2.75, 3.05) is 5.32 Å². The first kappa shape index (κ1) is 12.1. The summed E-state index contributed by atoms with van der Waals surface area (Å²) in [5.74, 6) is 0. The zero-order chi connectivity index (χ0) is 12.4. The smallest absolute Gasteiger partial charge is 0.127 e. The lowest BCUT2D eigenvalue weighted by atomic mass is 10.1. The fraction of sp³-hybridized carbons (Fsp3) is 0.333. The number of nitrogens with one attached hydrogen (secondary N) is 1. The van der Waals surface area contributed by atoms with E-state index >= 15 is 0 Å². The summed E-state index contributed by atoms with van der Waals surface area (Å²) in [5.41, 5.74) is 5.17. The van der Waals surface area contributed by atoms with Crippen LogP contribution in [0.3, 0.4) is 0 Å². The van der Waals surface area contributed by atoms with Gasteiger partial charge in [-0.2, -0.15) is 0 Å². The van der Waals surface area contributed by atoms with E-state index in [2.05, 4.69) is 62.2 Å². The lowest BCUT2D eigenvalue weighted by Gasteiger charge is -2.11. The van der Waals surface area contributed by atoms with Gasteiger partial charge < -0.3 is 5.32 Å². The predicted octanol–water partition coefficient (Wildman–Crippen LogP) is 3.37. The molecule has 1 heterocycles. The Morgan fingerprint density at radius 1 is 1.24 bits per heavy atom. The third kappa shape index (κ3) is 2.66. The van der Waals surface area contributed by atoms with Crippen LogP contribution in [0, 0.1) is 20.8 Å². The summed E-state index contributed by atoms with van der Waals surface area (Å²) >= 11 is 3.56. The molecule has 0 bridgehead atoms. The monoisotopic (exact) mass is 295 g/mol. The molecule has 0 aliphatic carbocycles. The van der Waals surface area contributed by atoms with Crippen molar-refractivity contribution in [1.82, 2.24) is 10.3 Å². The van der Waals surface area contributed by atoms with Crippen LogP contribution in [0.15, 0.2) is 21.2 Å². The molecular weight excluding hydrogens is 282 g/mol. The van der Waals surface area contributed by atoms with Gasteiger partial charge in [0.05, 0.1) is 12.2 Å². The zero-order valence-corrected chi connectivity index (χ0v) is 11.6. The summed E-state index contributed by atoms with van der Waals surface area (Å²) in [5, 5.41) is 10.9. The minimum atomic E-state index is 0.609. The molecule has 1 N–H and O–H groups in total. The van der Waals surface area contributed by atoms with Crippen LogP contribution in [-0.2, 0) is 6.54 Å². The average Bonchev–Trinajstić information content (AvgIpc) is 2.62. The summed E-state index contributed by atoms with van der Waals surface area (Å²) in [6.07, 6.45) is 0. The summed E-state index contributed by atoms with van der Waals surface area (Å²) in [4.78, 5) is 0. The summed E-state index contributed by atoms with van der Waals surface area (Å²) in [6, 6.07) is 4.23. The first-order chi connectivity index (χ1) is 8.08. The Morgan fingerprint density at radius 2 is 2.00 bits per heavy atom. The van der Waals surface area contributed by atoms with E-state index in [0.29, 0.717) is 6.54 Å². The number of aromatic nitrogens is 2. The third-order valence-corrected chi connectivity index (χ3v) is 3.24. The van der Waals surface area contributed by atoms with Gasteiger partial charge in [-0.25, -0.2) is 4.63 Å². The SMILES string of the molecule is Cc1cc(C)c(NCc2nonc2C)c(Br)c1. The molecule has 0 atom stereocenters. The van der Waals surface area contributed by atoms with Gasteiger partial charge in [0.1, 0.15) is 11.4 Å². The molecule has 0 spiro atoms. The van der Waals surface area contributed by atoms with Crippen molar-refractivity contribution < 1.29 is 4.63 Å². The molecule has 0 saturated heterocycles. The molecule has 0 aliphatic rings. The normalized spacial score (nSPS) is 10.6. The van der Waals surface area contributed by atoms with Crippen LogP contribution in [0.4, 0.5) is 5.69 Å². The average molecular weight is 296 g/mol. The second-order valence-corrected chi connectivity index (χ2v) is 4.94. The molecule has 17 heavy (non-hydrogen) atoms. The summed E-state index contributed by atoms with van der Waals surface area (Å²) in [7, 11) is 0. The van der Waals surface area contributed by atoms with Gasteiger partial charge in [-0.1, -0.05) is 16.4 Å². The molecule has 5 heteroatoms. The van der Waals surface area contributed by atoms with Crippen molar-refractivity contribution in [2.45, 2.75) is 27.3 Å². The maximum absolute atomic E-state index is 4.66. The van der Waals surface area contributed by atoms with E-state index in [0.717, 1.165) is 21.5 Å². The van der Waals surface area contributed by atoms with Crippen molar-refractivity contribution in [3.8, 4) is 0 Å². The Hall–Kier alpha value is -1.36. The van der Waals surface area contributed by atoms with Crippen molar-refractivity contribution in [2.24, 2.45) is 0 Å². The van der Waals surface area contributed by atoms with Gasteiger partial charge in [0, 0.05) is 4.47 Å². The lowest BCUT2D eigenvalue weighted by molar-refractivity contribution is 0.301. The number of rotatable bonds is 3. The minimum absolute atomic E-state index is 0.609. The predicted molar refractivity (Wildman–Crippen MR) is 70.0 cm³/mol. The molecule has 1 aromatic carbocycles. The lowest BCUT2D eigenvalue weighted by Crippen LogP contribution is -2.03. The zero-order valence-electron chi connectivity index (χ0n) is 10.0. The highest BCUT2D eigenvalue weighted by molar-refractivity contribution is 9.10. The maximum atomic E-state index is 4.66. The quantitative estimate of drug-likeness (QED) is 0.943. The number of benzene rings is 1. The van der Waals surface area contributed by atoms with E-state index < -0.39 is 0 Å². The molecule has 0 saturated carbocycles. The number of hydrogen-bond donors (Lipinski definition) is 1. The van der Waals surface area contributed by atoms with Crippen LogP contribution in [0.2, 0.25) is 0 Å². The maximum Gasteiger partial charge on any atom is 0.127 e. The Balaban J connectivity index is 2.17. The topological polar surface area (TPSA) is 51.0 Å². The van der Waals surface area contributed by atoms with Gasteiger partial charge in [-0.15, -0.1) is 0 Å². The van der Waals surface area contributed by atoms with Crippen molar-refractivity contribution >= 4 is 21.6 Å². The largest absolute Gasteiger partial charge is 0.378 e. The second-order valence-electron chi connectivity index (χ2n) is 4.09. The number of aryl methyl sites for hydroxylation is 3. The number of halogens is 1. The first-order valence-electron chi connectivity index (χ1n) is 5.36. The number of hydrogen-bond acceptors (Lipinski definition) is 4. The Labute approximate surface area is 109 Å². The van der Waals surface area contributed by atoms with E-state index in [-0.39, 0.29) is 0 Å². The van der Waals surface area contributed by atoms with Crippen LogP contribution in [0.25, 0.3) is 0 Å². The number of nitrogens with zero attached hydrogens (tertiary/aromatic N) is 2. The van der Waals surface area contributed by atoms with E-state index in [1.54, 1.807) is 0 Å². The van der Waals surface area contributed by atoms with Gasteiger partial charge in [0.15, 0.2) is 0 Å². The van der Waals surface area contributed by atoms with Crippen molar-refractivity contribution in [1.29, 1.82) is 0 Å². The van der Waals surface area contributed by atoms with Gasteiger partial charge in [0.2, 0.25) is 0 Å². The van der Waals surface area contributed by atoms with Gasteiger partial charge >= 0.3 is 0 Å². The van der Waals surface area contributed by atoms with Crippen LogP contribution in [-0.4, -0.2) is 10.3 Å². The van der Waals surface area contributed by atoms with Crippen LogP contribution < -0.4 is 5.32 Å². The molecule has 4 nitrogen and oxygen atoms in total. The van der Waals surface area contributed by atoms with E-state index in [1.165, 1.54) is 11.1 Å².